The van der Waals surface area contributed by atoms with Crippen molar-refractivity contribution in [3.05, 3.63) is 21.5 Å². The minimum atomic E-state index is -2.94. The summed E-state index contributed by atoms with van der Waals surface area (Å²) in [7, 11) is -2.94. The SMILES string of the molecule is Cc1csc(-c2c(N)sc3c2CCS(=O)(=O)C3)n1. The third-order valence-electron chi connectivity index (χ3n) is 2.96. The maximum absolute atomic E-state index is 11.6. The molecule has 4 nitrogen and oxygen atoms in total. The fourth-order valence-electron chi connectivity index (χ4n) is 2.15. The van der Waals surface area contributed by atoms with Crippen LogP contribution in [0.4, 0.5) is 5.00 Å². The molecular formula is C11H12N2O2S3. The highest BCUT2D eigenvalue weighted by atomic mass is 32.2. The molecule has 3 rings (SSSR count). The molecule has 2 aromatic heterocycles. The van der Waals surface area contributed by atoms with Crippen LogP contribution in [0, 0.1) is 6.92 Å². The van der Waals surface area contributed by atoms with Gasteiger partial charge in [-0.1, -0.05) is 0 Å². The lowest BCUT2D eigenvalue weighted by Crippen LogP contribution is -2.17. The van der Waals surface area contributed by atoms with Gasteiger partial charge in [-0.15, -0.1) is 22.7 Å². The van der Waals surface area contributed by atoms with Crippen LogP contribution in [0.5, 0.6) is 0 Å². The van der Waals surface area contributed by atoms with Gasteiger partial charge in [-0.2, -0.15) is 0 Å². The maximum atomic E-state index is 11.6. The molecular weight excluding hydrogens is 288 g/mol. The van der Waals surface area contributed by atoms with Crippen LogP contribution in [0.15, 0.2) is 5.38 Å². The predicted molar refractivity (Wildman–Crippen MR) is 75.8 cm³/mol. The fourth-order valence-corrected chi connectivity index (χ4v) is 6.02. The number of hydrogen-bond acceptors (Lipinski definition) is 6. The Hall–Kier alpha value is -0.920. The zero-order valence-electron chi connectivity index (χ0n) is 9.76. The molecule has 3 heterocycles. The number of hydrogen-bond donors (Lipinski definition) is 1. The monoisotopic (exact) mass is 300 g/mol. The molecule has 0 fully saturated rings. The minimum absolute atomic E-state index is 0.127. The molecule has 0 radical (unpaired) electrons. The highest BCUT2D eigenvalue weighted by molar-refractivity contribution is 7.90. The van der Waals surface area contributed by atoms with Crippen molar-refractivity contribution >= 4 is 37.5 Å². The molecule has 0 saturated carbocycles. The van der Waals surface area contributed by atoms with Crippen LogP contribution in [-0.2, 0) is 22.0 Å². The number of nitrogen functional groups attached to an aromatic ring is 1. The Balaban J connectivity index is 2.16. The Bertz CT molecular complexity index is 713. The molecule has 7 heteroatoms. The molecule has 2 aromatic rings. The van der Waals surface area contributed by atoms with E-state index in [-0.39, 0.29) is 11.5 Å². The quantitative estimate of drug-likeness (QED) is 0.876. The van der Waals surface area contributed by atoms with Crippen LogP contribution < -0.4 is 5.73 Å². The number of aromatic nitrogens is 1. The molecule has 0 bridgehead atoms. The van der Waals surface area contributed by atoms with Gasteiger partial charge in [0.05, 0.1) is 16.5 Å². The van der Waals surface area contributed by atoms with Crippen molar-refractivity contribution in [2.75, 3.05) is 11.5 Å². The van der Waals surface area contributed by atoms with E-state index in [1.807, 2.05) is 12.3 Å². The van der Waals surface area contributed by atoms with Crippen molar-refractivity contribution in [1.82, 2.24) is 4.98 Å². The maximum Gasteiger partial charge on any atom is 0.155 e. The average Bonchev–Trinajstić information content (AvgIpc) is 2.79. The van der Waals surface area contributed by atoms with E-state index in [0.717, 1.165) is 26.7 Å². The Morgan fingerprint density at radius 1 is 1.44 bits per heavy atom. The smallest absolute Gasteiger partial charge is 0.155 e. The highest BCUT2D eigenvalue weighted by Crippen LogP contribution is 2.43. The highest BCUT2D eigenvalue weighted by Gasteiger charge is 2.28. The van der Waals surface area contributed by atoms with Crippen molar-refractivity contribution in [3.63, 3.8) is 0 Å². The lowest BCUT2D eigenvalue weighted by Gasteiger charge is -2.12. The van der Waals surface area contributed by atoms with Gasteiger partial charge in [0.15, 0.2) is 9.84 Å². The topological polar surface area (TPSA) is 73.1 Å². The van der Waals surface area contributed by atoms with Crippen LogP contribution in [0.25, 0.3) is 10.6 Å². The summed E-state index contributed by atoms with van der Waals surface area (Å²) in [6.45, 7) is 1.94. The number of nitrogens with two attached hydrogens (primary N) is 1. The summed E-state index contributed by atoms with van der Waals surface area (Å²) in [5.41, 5.74) is 9.06. The first kappa shape index (κ1) is 12.1. The van der Waals surface area contributed by atoms with E-state index >= 15 is 0 Å². The van der Waals surface area contributed by atoms with Gasteiger partial charge in [0.1, 0.15) is 5.01 Å². The molecule has 1 aliphatic rings. The van der Waals surface area contributed by atoms with Crippen molar-refractivity contribution in [2.24, 2.45) is 0 Å². The van der Waals surface area contributed by atoms with E-state index in [1.165, 1.54) is 11.3 Å². The summed E-state index contributed by atoms with van der Waals surface area (Å²) >= 11 is 2.95. The molecule has 2 N–H and O–H groups in total. The van der Waals surface area contributed by atoms with Gasteiger partial charge in [-0.25, -0.2) is 13.4 Å². The van der Waals surface area contributed by atoms with E-state index in [1.54, 1.807) is 11.3 Å². The minimum Gasteiger partial charge on any atom is -0.390 e. The number of nitrogens with zero attached hydrogens (tertiary/aromatic N) is 1. The van der Waals surface area contributed by atoms with Crippen LogP contribution in [0.1, 0.15) is 16.1 Å². The van der Waals surface area contributed by atoms with Crippen LogP contribution >= 0.6 is 22.7 Å². The van der Waals surface area contributed by atoms with Gasteiger partial charge >= 0.3 is 0 Å². The normalized spacial score (nSPS) is 17.6. The fraction of sp³-hybridized carbons (Fsp3) is 0.364. The van der Waals surface area contributed by atoms with Gasteiger partial charge in [0.2, 0.25) is 0 Å². The van der Waals surface area contributed by atoms with E-state index in [9.17, 15) is 8.42 Å². The summed E-state index contributed by atoms with van der Waals surface area (Å²) in [5, 5.41) is 3.58. The van der Waals surface area contributed by atoms with E-state index in [0.29, 0.717) is 11.4 Å². The third kappa shape index (κ3) is 1.96. The van der Waals surface area contributed by atoms with Crippen LogP contribution in [0.3, 0.4) is 0 Å². The zero-order chi connectivity index (χ0) is 12.9. The third-order valence-corrected chi connectivity index (χ3v) is 6.74. The first-order chi connectivity index (χ1) is 8.46. The van der Waals surface area contributed by atoms with E-state index < -0.39 is 9.84 Å². The summed E-state index contributed by atoms with van der Waals surface area (Å²) in [6.07, 6.45) is 0.555. The average molecular weight is 300 g/mol. The molecule has 0 aromatic carbocycles. The molecule has 0 spiro atoms. The zero-order valence-corrected chi connectivity index (χ0v) is 12.2. The lowest BCUT2D eigenvalue weighted by molar-refractivity contribution is 0.592. The molecule has 0 amide bonds. The molecule has 18 heavy (non-hydrogen) atoms. The molecule has 0 atom stereocenters. The molecule has 1 aliphatic heterocycles. The second-order valence-corrected chi connectivity index (χ2v) is 8.56. The number of sulfone groups is 1. The Kier molecular flexibility index (Phi) is 2.72. The van der Waals surface area contributed by atoms with Crippen molar-refractivity contribution in [1.29, 1.82) is 0 Å². The number of rotatable bonds is 1. The second kappa shape index (κ2) is 4.04. The van der Waals surface area contributed by atoms with Crippen LogP contribution in [0.2, 0.25) is 0 Å². The van der Waals surface area contributed by atoms with Crippen molar-refractivity contribution < 1.29 is 8.42 Å². The van der Waals surface area contributed by atoms with Crippen molar-refractivity contribution in [2.45, 2.75) is 19.1 Å². The van der Waals surface area contributed by atoms with Gasteiger partial charge in [-0.05, 0) is 18.9 Å². The molecule has 0 unspecified atom stereocenters. The number of fused-ring (bicyclic) bond motifs is 1. The van der Waals surface area contributed by atoms with E-state index in [4.69, 9.17) is 5.73 Å². The largest absolute Gasteiger partial charge is 0.390 e. The number of thiophene rings is 1. The first-order valence-electron chi connectivity index (χ1n) is 5.49. The molecule has 0 aliphatic carbocycles. The summed E-state index contributed by atoms with van der Waals surface area (Å²) in [4.78, 5) is 5.34. The molecule has 0 saturated heterocycles. The standard InChI is InChI=1S/C11H12N2O2S3/c1-6-4-16-11(13-6)9-7-2-3-18(14,15)5-8(7)17-10(9)12/h4H,2-3,5,12H2,1H3. The summed E-state index contributed by atoms with van der Waals surface area (Å²) in [5.74, 6) is 0.342. The number of thiazole rings is 1. The van der Waals surface area contributed by atoms with Crippen molar-refractivity contribution in [3.8, 4) is 10.6 Å². The summed E-state index contributed by atoms with van der Waals surface area (Å²) in [6, 6.07) is 0. The summed E-state index contributed by atoms with van der Waals surface area (Å²) < 4.78 is 23.3. The second-order valence-electron chi connectivity index (χ2n) is 4.38. The Labute approximate surface area is 113 Å². The van der Waals surface area contributed by atoms with E-state index in [2.05, 4.69) is 4.98 Å². The predicted octanol–water partition coefficient (Wildman–Crippen LogP) is 2.23. The van der Waals surface area contributed by atoms with Gasteiger partial charge in [-0.3, -0.25) is 0 Å². The van der Waals surface area contributed by atoms with Crippen LogP contribution in [-0.4, -0.2) is 19.2 Å². The van der Waals surface area contributed by atoms with Gasteiger partial charge in [0, 0.05) is 21.5 Å². The lowest BCUT2D eigenvalue weighted by atomic mass is 10.1. The Morgan fingerprint density at radius 3 is 2.89 bits per heavy atom. The number of anilines is 1. The molecule has 96 valence electrons. The Morgan fingerprint density at radius 2 is 2.22 bits per heavy atom. The number of aryl methyl sites for hydroxylation is 1. The first-order valence-corrected chi connectivity index (χ1v) is 9.01. The van der Waals surface area contributed by atoms with Gasteiger partial charge in [0.25, 0.3) is 0 Å². The van der Waals surface area contributed by atoms with Gasteiger partial charge < -0.3 is 5.73 Å².